The molecule has 7 heteroatoms. The number of nitrogens with one attached hydrogen (secondary N) is 2. The summed E-state index contributed by atoms with van der Waals surface area (Å²) in [6.45, 7) is 1.93. The van der Waals surface area contributed by atoms with E-state index in [1.54, 1.807) is 7.11 Å². The molecule has 140 valence electrons. The number of nitrogens with zero attached hydrogens (tertiary/aromatic N) is 2. The fraction of sp³-hybridized carbons (Fsp3) is 0.300. The van der Waals surface area contributed by atoms with Crippen molar-refractivity contribution < 1.29 is 9.47 Å². The number of fused-ring (bicyclic) bond motifs is 1. The van der Waals surface area contributed by atoms with E-state index in [1.807, 2.05) is 36.4 Å². The summed E-state index contributed by atoms with van der Waals surface area (Å²) < 4.78 is 11.8. The summed E-state index contributed by atoms with van der Waals surface area (Å²) in [5, 5.41) is 8.19. The van der Waals surface area contributed by atoms with E-state index in [0.717, 1.165) is 42.5 Å². The van der Waals surface area contributed by atoms with Gasteiger partial charge in [-0.2, -0.15) is 0 Å². The number of methoxy groups -OCH3 is 1. The molecule has 1 aliphatic rings. The highest BCUT2D eigenvalue weighted by Crippen LogP contribution is 2.36. The van der Waals surface area contributed by atoms with E-state index >= 15 is 0 Å². The van der Waals surface area contributed by atoms with E-state index in [0.29, 0.717) is 22.3 Å². The van der Waals surface area contributed by atoms with Crippen molar-refractivity contribution in [1.29, 1.82) is 0 Å². The van der Waals surface area contributed by atoms with Crippen LogP contribution in [0.5, 0.6) is 11.5 Å². The Morgan fingerprint density at radius 3 is 2.74 bits per heavy atom. The van der Waals surface area contributed by atoms with Gasteiger partial charge in [0.1, 0.15) is 18.2 Å². The van der Waals surface area contributed by atoms with Crippen molar-refractivity contribution in [3.05, 3.63) is 47.7 Å². The van der Waals surface area contributed by atoms with Gasteiger partial charge in [-0.05, 0) is 50.2 Å². The highest BCUT2D eigenvalue weighted by atomic mass is 35.5. The Hall–Kier alpha value is -2.57. The normalized spacial score (nSPS) is 14.9. The SMILES string of the molecule is COc1cc2ncnc(Nc3cccc(Cl)c3)c2cc1OC1CCNCC1. The molecule has 1 fully saturated rings. The Kier molecular flexibility index (Phi) is 5.27. The maximum atomic E-state index is 6.24. The second kappa shape index (κ2) is 7.98. The predicted molar refractivity (Wildman–Crippen MR) is 107 cm³/mol. The van der Waals surface area contributed by atoms with Crippen LogP contribution in [0.25, 0.3) is 10.9 Å². The Balaban J connectivity index is 1.70. The lowest BCUT2D eigenvalue weighted by Gasteiger charge is -2.25. The quantitative estimate of drug-likeness (QED) is 0.688. The molecular weight excluding hydrogens is 364 g/mol. The van der Waals surface area contributed by atoms with Crippen LogP contribution in [0.15, 0.2) is 42.7 Å². The molecular formula is C20H21ClN4O2. The number of hydrogen-bond donors (Lipinski definition) is 2. The van der Waals surface area contributed by atoms with Crippen LogP contribution in [0.4, 0.5) is 11.5 Å². The summed E-state index contributed by atoms with van der Waals surface area (Å²) >= 11 is 6.09. The summed E-state index contributed by atoms with van der Waals surface area (Å²) in [5.41, 5.74) is 1.64. The van der Waals surface area contributed by atoms with Gasteiger partial charge in [-0.25, -0.2) is 9.97 Å². The van der Waals surface area contributed by atoms with Crippen molar-refractivity contribution in [3.8, 4) is 11.5 Å². The van der Waals surface area contributed by atoms with E-state index in [1.165, 1.54) is 6.33 Å². The molecule has 1 aromatic heterocycles. The minimum absolute atomic E-state index is 0.173. The number of benzene rings is 2. The molecule has 0 atom stereocenters. The average molecular weight is 385 g/mol. The minimum Gasteiger partial charge on any atom is -0.493 e. The predicted octanol–water partition coefficient (Wildman–Crippen LogP) is 4.17. The van der Waals surface area contributed by atoms with Gasteiger partial charge in [-0.1, -0.05) is 17.7 Å². The first kappa shape index (κ1) is 17.8. The first-order valence-electron chi connectivity index (χ1n) is 8.95. The Morgan fingerprint density at radius 2 is 1.96 bits per heavy atom. The van der Waals surface area contributed by atoms with Crippen molar-refractivity contribution in [2.75, 3.05) is 25.5 Å². The number of hydrogen-bond acceptors (Lipinski definition) is 6. The van der Waals surface area contributed by atoms with E-state index in [-0.39, 0.29) is 6.10 Å². The number of ether oxygens (including phenoxy) is 2. The molecule has 27 heavy (non-hydrogen) atoms. The molecule has 0 aliphatic carbocycles. The van der Waals surface area contributed by atoms with Gasteiger partial charge in [-0.15, -0.1) is 0 Å². The molecule has 0 saturated carbocycles. The van der Waals surface area contributed by atoms with Crippen molar-refractivity contribution in [2.24, 2.45) is 0 Å². The van der Waals surface area contributed by atoms with Crippen LogP contribution < -0.4 is 20.1 Å². The van der Waals surface area contributed by atoms with Crippen molar-refractivity contribution in [1.82, 2.24) is 15.3 Å². The summed E-state index contributed by atoms with van der Waals surface area (Å²) in [6.07, 6.45) is 3.65. The van der Waals surface area contributed by atoms with Crippen LogP contribution in [-0.4, -0.2) is 36.3 Å². The first-order valence-corrected chi connectivity index (χ1v) is 9.33. The third-order valence-electron chi connectivity index (χ3n) is 4.59. The molecule has 3 aromatic rings. The molecule has 2 aromatic carbocycles. The average Bonchev–Trinajstić information content (AvgIpc) is 2.69. The van der Waals surface area contributed by atoms with Gasteiger partial charge < -0.3 is 20.1 Å². The van der Waals surface area contributed by atoms with Crippen LogP contribution in [0.1, 0.15) is 12.8 Å². The third kappa shape index (κ3) is 4.07. The van der Waals surface area contributed by atoms with E-state index in [2.05, 4.69) is 20.6 Å². The number of aromatic nitrogens is 2. The topological polar surface area (TPSA) is 68.3 Å². The summed E-state index contributed by atoms with van der Waals surface area (Å²) in [6, 6.07) is 11.4. The van der Waals surface area contributed by atoms with Gasteiger partial charge in [0.25, 0.3) is 0 Å². The number of rotatable bonds is 5. The van der Waals surface area contributed by atoms with E-state index in [4.69, 9.17) is 21.1 Å². The molecule has 1 aliphatic heterocycles. The van der Waals surface area contributed by atoms with Crippen LogP contribution in [0, 0.1) is 0 Å². The second-order valence-corrected chi connectivity index (χ2v) is 6.88. The molecule has 0 bridgehead atoms. The molecule has 6 nitrogen and oxygen atoms in total. The molecule has 2 N–H and O–H groups in total. The van der Waals surface area contributed by atoms with Crippen LogP contribution in [0.3, 0.4) is 0 Å². The van der Waals surface area contributed by atoms with Crippen LogP contribution in [-0.2, 0) is 0 Å². The van der Waals surface area contributed by atoms with Gasteiger partial charge in [0.15, 0.2) is 11.5 Å². The third-order valence-corrected chi connectivity index (χ3v) is 4.82. The number of anilines is 2. The summed E-state index contributed by atoms with van der Waals surface area (Å²) in [5.74, 6) is 2.08. The highest BCUT2D eigenvalue weighted by Gasteiger charge is 2.18. The summed E-state index contributed by atoms with van der Waals surface area (Å²) in [7, 11) is 1.64. The lowest BCUT2D eigenvalue weighted by Crippen LogP contribution is -2.34. The molecule has 0 amide bonds. The van der Waals surface area contributed by atoms with Crippen LogP contribution >= 0.6 is 11.6 Å². The summed E-state index contributed by atoms with van der Waals surface area (Å²) in [4.78, 5) is 8.78. The zero-order chi connectivity index (χ0) is 18.6. The fourth-order valence-electron chi connectivity index (χ4n) is 3.21. The van der Waals surface area contributed by atoms with Gasteiger partial charge in [0, 0.05) is 22.2 Å². The zero-order valence-corrected chi connectivity index (χ0v) is 15.8. The molecule has 0 spiro atoms. The minimum atomic E-state index is 0.173. The largest absolute Gasteiger partial charge is 0.493 e. The van der Waals surface area contributed by atoms with E-state index < -0.39 is 0 Å². The van der Waals surface area contributed by atoms with Gasteiger partial charge in [0.2, 0.25) is 0 Å². The van der Waals surface area contributed by atoms with Crippen molar-refractivity contribution >= 4 is 34.0 Å². The van der Waals surface area contributed by atoms with Gasteiger partial charge in [0.05, 0.1) is 12.6 Å². The number of piperidine rings is 1. The molecule has 0 radical (unpaired) electrons. The van der Waals surface area contributed by atoms with Crippen molar-refractivity contribution in [3.63, 3.8) is 0 Å². The maximum absolute atomic E-state index is 6.24. The number of halogens is 1. The Labute approximate surface area is 162 Å². The fourth-order valence-corrected chi connectivity index (χ4v) is 3.40. The molecule has 2 heterocycles. The smallest absolute Gasteiger partial charge is 0.162 e. The second-order valence-electron chi connectivity index (χ2n) is 6.45. The maximum Gasteiger partial charge on any atom is 0.162 e. The highest BCUT2D eigenvalue weighted by molar-refractivity contribution is 6.30. The lowest BCUT2D eigenvalue weighted by atomic mass is 10.1. The Morgan fingerprint density at radius 1 is 1.11 bits per heavy atom. The Bertz CT molecular complexity index is 944. The first-order chi connectivity index (χ1) is 13.2. The van der Waals surface area contributed by atoms with Crippen molar-refractivity contribution in [2.45, 2.75) is 18.9 Å². The lowest BCUT2D eigenvalue weighted by molar-refractivity contribution is 0.157. The monoisotopic (exact) mass is 384 g/mol. The standard InChI is InChI=1S/C20H21ClN4O2/c1-26-18-11-17-16(10-19(18)27-15-5-7-22-8-6-15)20(24-12-23-17)25-14-4-2-3-13(21)9-14/h2-4,9-12,15,22H,5-8H2,1H3,(H,23,24,25). The van der Waals surface area contributed by atoms with Gasteiger partial charge >= 0.3 is 0 Å². The molecule has 0 unspecified atom stereocenters. The van der Waals surface area contributed by atoms with Crippen LogP contribution in [0.2, 0.25) is 5.02 Å². The van der Waals surface area contributed by atoms with E-state index in [9.17, 15) is 0 Å². The molecule has 4 rings (SSSR count). The molecule has 1 saturated heterocycles. The van der Waals surface area contributed by atoms with Gasteiger partial charge in [-0.3, -0.25) is 0 Å². The zero-order valence-electron chi connectivity index (χ0n) is 15.0.